The lowest BCUT2D eigenvalue weighted by Crippen LogP contribution is -2.45. The maximum Gasteiger partial charge on any atom is 0.305 e. The monoisotopic (exact) mass is 1000 g/mol. The van der Waals surface area contributed by atoms with Crippen molar-refractivity contribution in [1.29, 1.82) is 0 Å². The fourth-order valence-corrected chi connectivity index (χ4v) is 10.3. The maximum absolute atomic E-state index is 12.5. The fourth-order valence-electron chi connectivity index (χ4n) is 10.3. The molecule has 0 saturated carbocycles. The summed E-state index contributed by atoms with van der Waals surface area (Å²) >= 11 is 0. The molecule has 0 aromatic carbocycles. The molecule has 71 heavy (non-hydrogen) atoms. The van der Waals surface area contributed by atoms with Crippen molar-refractivity contribution >= 4 is 11.9 Å². The molecule has 0 spiro atoms. The van der Waals surface area contributed by atoms with E-state index in [0.717, 1.165) is 38.5 Å². The van der Waals surface area contributed by atoms with Gasteiger partial charge in [-0.05, 0) is 32.1 Å². The number of aliphatic hydroxyl groups is 2. The standard InChI is InChI=1S/C65H127NO5/c1-3-5-7-9-11-13-15-17-19-27-30-33-37-41-45-49-53-57-63(68)62(61-67)66-64(69)58-54-50-46-42-38-34-31-28-25-23-21-20-22-24-26-29-32-36-40-44-48-52-56-60-71-65(70)59-55-51-47-43-39-35-18-16-14-12-10-8-6-4-2/h53,57,62-63,67-68H,3-52,54-56,58-61H2,1-2H3,(H,66,69)/b57-53+. The van der Waals surface area contributed by atoms with Crippen molar-refractivity contribution in [2.24, 2.45) is 0 Å². The zero-order chi connectivity index (χ0) is 51.4. The van der Waals surface area contributed by atoms with Crippen LogP contribution in [0.5, 0.6) is 0 Å². The average molecular weight is 1000 g/mol. The Balaban J connectivity index is 3.38. The minimum absolute atomic E-state index is 0.0169. The van der Waals surface area contributed by atoms with Gasteiger partial charge in [-0.25, -0.2) is 0 Å². The minimum Gasteiger partial charge on any atom is -0.466 e. The summed E-state index contributed by atoms with van der Waals surface area (Å²) in [6.07, 6.45) is 74.0. The molecule has 2 unspecified atom stereocenters. The highest BCUT2D eigenvalue weighted by Crippen LogP contribution is 2.18. The van der Waals surface area contributed by atoms with Crippen LogP contribution in [0.1, 0.15) is 367 Å². The summed E-state index contributed by atoms with van der Waals surface area (Å²) in [5.74, 6) is -0.0473. The van der Waals surface area contributed by atoms with Gasteiger partial charge in [0.2, 0.25) is 5.91 Å². The van der Waals surface area contributed by atoms with Gasteiger partial charge >= 0.3 is 5.97 Å². The van der Waals surface area contributed by atoms with Crippen LogP contribution in [0, 0.1) is 0 Å². The molecule has 1 amide bonds. The van der Waals surface area contributed by atoms with Crippen LogP contribution in [0.25, 0.3) is 0 Å². The highest BCUT2D eigenvalue weighted by Gasteiger charge is 2.18. The van der Waals surface area contributed by atoms with E-state index in [2.05, 4.69) is 19.2 Å². The lowest BCUT2D eigenvalue weighted by molar-refractivity contribution is -0.143. The van der Waals surface area contributed by atoms with Gasteiger partial charge in [0.15, 0.2) is 0 Å². The van der Waals surface area contributed by atoms with Crippen molar-refractivity contribution in [1.82, 2.24) is 5.32 Å². The molecule has 6 heteroatoms. The number of hydrogen-bond acceptors (Lipinski definition) is 5. The summed E-state index contributed by atoms with van der Waals surface area (Å²) in [6, 6.07) is -0.627. The first-order valence-corrected chi connectivity index (χ1v) is 32.5. The zero-order valence-electron chi connectivity index (χ0n) is 48.2. The van der Waals surface area contributed by atoms with Gasteiger partial charge < -0.3 is 20.3 Å². The van der Waals surface area contributed by atoms with Crippen molar-refractivity contribution < 1.29 is 24.5 Å². The number of ether oxygens (including phenoxy) is 1. The number of esters is 1. The third-order valence-corrected chi connectivity index (χ3v) is 15.3. The van der Waals surface area contributed by atoms with Crippen LogP contribution in [0.2, 0.25) is 0 Å². The average Bonchev–Trinajstić information content (AvgIpc) is 3.37. The largest absolute Gasteiger partial charge is 0.466 e. The number of allylic oxidation sites excluding steroid dienone is 1. The summed E-state index contributed by atoms with van der Waals surface area (Å²) in [7, 11) is 0. The SMILES string of the molecule is CCCCCCCCCCCCCCCCC/C=C/C(O)C(CO)NC(=O)CCCCCCCCCCCCCCCCCCCCCCCCCOC(=O)CCCCCCCCCCCCCCCC. The molecule has 3 N–H and O–H groups in total. The second-order valence-corrected chi connectivity index (χ2v) is 22.5. The van der Waals surface area contributed by atoms with Crippen molar-refractivity contribution in [3.8, 4) is 0 Å². The molecule has 0 bridgehead atoms. The molecule has 0 heterocycles. The van der Waals surface area contributed by atoms with Crippen LogP contribution in [0.3, 0.4) is 0 Å². The first kappa shape index (κ1) is 69.6. The Hall–Kier alpha value is -1.40. The number of amides is 1. The lowest BCUT2D eigenvalue weighted by Gasteiger charge is -2.20. The van der Waals surface area contributed by atoms with Crippen LogP contribution in [0.4, 0.5) is 0 Å². The molecule has 0 aromatic rings. The Bertz CT molecular complexity index is 1060. The highest BCUT2D eigenvalue weighted by atomic mass is 16.5. The normalized spacial score (nSPS) is 12.6. The molecule has 0 saturated heterocycles. The fraction of sp³-hybridized carbons (Fsp3) is 0.938. The van der Waals surface area contributed by atoms with Gasteiger partial charge in [-0.3, -0.25) is 9.59 Å². The quantitative estimate of drug-likeness (QED) is 0.0320. The van der Waals surface area contributed by atoms with E-state index in [0.29, 0.717) is 19.4 Å². The molecule has 2 atom stereocenters. The second-order valence-electron chi connectivity index (χ2n) is 22.5. The van der Waals surface area contributed by atoms with Gasteiger partial charge in [-0.15, -0.1) is 0 Å². The Morgan fingerprint density at radius 2 is 0.648 bits per heavy atom. The van der Waals surface area contributed by atoms with E-state index in [4.69, 9.17) is 4.74 Å². The van der Waals surface area contributed by atoms with Crippen LogP contribution in [-0.2, 0) is 14.3 Å². The summed E-state index contributed by atoms with van der Waals surface area (Å²) in [4.78, 5) is 24.5. The predicted molar refractivity (Wildman–Crippen MR) is 310 cm³/mol. The molecule has 0 fully saturated rings. The van der Waals surface area contributed by atoms with Crippen molar-refractivity contribution in [3.63, 3.8) is 0 Å². The molecule has 0 aliphatic carbocycles. The number of carbonyl (C=O) groups excluding carboxylic acids is 2. The Labute approximate surface area is 444 Å². The first-order valence-electron chi connectivity index (χ1n) is 32.5. The molecule has 422 valence electrons. The van der Waals surface area contributed by atoms with Crippen molar-refractivity contribution in [2.75, 3.05) is 13.2 Å². The maximum atomic E-state index is 12.5. The zero-order valence-corrected chi connectivity index (χ0v) is 48.2. The number of unbranched alkanes of at least 4 members (excludes halogenated alkanes) is 50. The number of aliphatic hydroxyl groups excluding tert-OH is 2. The van der Waals surface area contributed by atoms with Crippen LogP contribution < -0.4 is 5.32 Å². The van der Waals surface area contributed by atoms with E-state index in [1.165, 1.54) is 302 Å². The summed E-state index contributed by atoms with van der Waals surface area (Å²) in [6.45, 7) is 4.94. The van der Waals surface area contributed by atoms with Gasteiger partial charge in [-0.2, -0.15) is 0 Å². The summed E-state index contributed by atoms with van der Waals surface area (Å²) in [5.41, 5.74) is 0. The molecule has 0 rings (SSSR count). The number of rotatable bonds is 61. The van der Waals surface area contributed by atoms with E-state index >= 15 is 0 Å². The smallest absolute Gasteiger partial charge is 0.305 e. The molecule has 0 aromatic heterocycles. The van der Waals surface area contributed by atoms with E-state index in [1.54, 1.807) is 6.08 Å². The van der Waals surface area contributed by atoms with Crippen LogP contribution in [-0.4, -0.2) is 47.4 Å². The summed E-state index contributed by atoms with van der Waals surface area (Å²) < 4.78 is 5.49. The molecule has 0 aliphatic heterocycles. The lowest BCUT2D eigenvalue weighted by atomic mass is 10.0. The predicted octanol–water partition coefficient (Wildman–Crippen LogP) is 20.4. The van der Waals surface area contributed by atoms with Crippen LogP contribution in [0.15, 0.2) is 12.2 Å². The Kier molecular flexibility index (Phi) is 59.9. The van der Waals surface area contributed by atoms with Crippen molar-refractivity contribution in [2.45, 2.75) is 379 Å². The van der Waals surface area contributed by atoms with E-state index < -0.39 is 12.1 Å². The third-order valence-electron chi connectivity index (χ3n) is 15.3. The van der Waals surface area contributed by atoms with E-state index in [-0.39, 0.29) is 18.5 Å². The number of hydrogen-bond donors (Lipinski definition) is 3. The van der Waals surface area contributed by atoms with Crippen LogP contribution >= 0.6 is 0 Å². The van der Waals surface area contributed by atoms with Gasteiger partial charge in [-0.1, -0.05) is 334 Å². The number of nitrogens with one attached hydrogen (secondary N) is 1. The molecule has 6 nitrogen and oxygen atoms in total. The van der Waals surface area contributed by atoms with Crippen molar-refractivity contribution in [3.05, 3.63) is 12.2 Å². The van der Waals surface area contributed by atoms with Gasteiger partial charge in [0.1, 0.15) is 0 Å². The van der Waals surface area contributed by atoms with E-state index in [9.17, 15) is 19.8 Å². The molecule has 0 aliphatic rings. The van der Waals surface area contributed by atoms with Gasteiger partial charge in [0.05, 0.1) is 25.4 Å². The van der Waals surface area contributed by atoms with Gasteiger partial charge in [0.25, 0.3) is 0 Å². The third kappa shape index (κ3) is 57.7. The van der Waals surface area contributed by atoms with E-state index in [1.807, 2.05) is 6.08 Å². The highest BCUT2D eigenvalue weighted by molar-refractivity contribution is 5.76. The topological polar surface area (TPSA) is 95.9 Å². The molecule has 0 radical (unpaired) electrons. The summed E-state index contributed by atoms with van der Waals surface area (Å²) in [5, 5.41) is 23.2. The molecular formula is C65H127NO5. The van der Waals surface area contributed by atoms with Gasteiger partial charge in [0, 0.05) is 12.8 Å². The Morgan fingerprint density at radius 3 is 0.958 bits per heavy atom. The second kappa shape index (κ2) is 61.1. The minimum atomic E-state index is -0.843. The first-order chi connectivity index (χ1) is 35.0. The Morgan fingerprint density at radius 1 is 0.380 bits per heavy atom. The number of carbonyl (C=O) groups is 2. The molecular weight excluding hydrogens is 875 g/mol.